The summed E-state index contributed by atoms with van der Waals surface area (Å²) in [6, 6.07) is 0.986. The van der Waals surface area contributed by atoms with Crippen molar-refractivity contribution >= 4 is 21.4 Å². The summed E-state index contributed by atoms with van der Waals surface area (Å²) in [5.74, 6) is -1.24. The lowest BCUT2D eigenvalue weighted by atomic mass is 10.2. The highest BCUT2D eigenvalue weighted by molar-refractivity contribution is 7.89. The molecule has 1 aromatic rings. The van der Waals surface area contributed by atoms with E-state index in [1.165, 1.54) is 0 Å². The number of non-ortho nitro benzene ring substituents is 1. The maximum atomic E-state index is 13.9. The second-order valence-corrected chi connectivity index (χ2v) is 6.42. The summed E-state index contributed by atoms with van der Waals surface area (Å²) in [5.41, 5.74) is 4.37. The second-order valence-electron chi connectivity index (χ2n) is 4.77. The molecular formula is C12H18FN3O4S. The highest BCUT2D eigenvalue weighted by Crippen LogP contribution is 2.27. The molecule has 0 fully saturated rings. The topological polar surface area (TPSA) is 115 Å². The molecule has 1 unspecified atom stereocenters. The molecule has 0 heterocycles. The molecule has 0 aromatic heterocycles. The Bertz CT molecular complexity index is 610. The number of nitro groups is 1. The van der Waals surface area contributed by atoms with Crippen LogP contribution in [0.25, 0.3) is 0 Å². The van der Waals surface area contributed by atoms with E-state index in [9.17, 15) is 22.9 Å². The molecule has 21 heavy (non-hydrogen) atoms. The van der Waals surface area contributed by atoms with Crippen LogP contribution in [-0.2, 0) is 10.0 Å². The van der Waals surface area contributed by atoms with E-state index in [1.807, 2.05) is 6.92 Å². The molecule has 0 aliphatic carbocycles. The molecule has 0 saturated heterocycles. The maximum absolute atomic E-state index is 13.9. The van der Waals surface area contributed by atoms with Gasteiger partial charge >= 0.3 is 0 Å². The summed E-state index contributed by atoms with van der Waals surface area (Å²) in [7, 11) is -4.17. The number of sulfonamides is 1. The van der Waals surface area contributed by atoms with Gasteiger partial charge in [0.05, 0.1) is 16.7 Å². The molecule has 0 bridgehead atoms. The van der Waals surface area contributed by atoms with Gasteiger partial charge in [0.2, 0.25) is 10.0 Å². The first-order chi connectivity index (χ1) is 9.69. The normalized spacial score (nSPS) is 13.1. The fourth-order valence-corrected chi connectivity index (χ4v) is 3.33. The highest BCUT2D eigenvalue weighted by Gasteiger charge is 2.26. The minimum Gasteiger partial charge on any atom is -0.397 e. The maximum Gasteiger partial charge on any atom is 0.274 e. The minimum atomic E-state index is -4.17. The van der Waals surface area contributed by atoms with Gasteiger partial charge in [-0.15, -0.1) is 0 Å². The van der Waals surface area contributed by atoms with Gasteiger partial charge < -0.3 is 5.73 Å². The number of rotatable bonds is 7. The summed E-state index contributed by atoms with van der Waals surface area (Å²) >= 11 is 0. The van der Waals surface area contributed by atoms with E-state index in [1.54, 1.807) is 6.92 Å². The SMILES string of the molecule is CCCCC(C)NS(=O)(=O)c1c(N)cc([N+](=O)[O-])cc1F. The molecule has 1 rings (SSSR count). The van der Waals surface area contributed by atoms with E-state index >= 15 is 0 Å². The van der Waals surface area contributed by atoms with E-state index in [2.05, 4.69) is 4.72 Å². The quantitative estimate of drug-likeness (QED) is 0.454. The zero-order chi connectivity index (χ0) is 16.2. The van der Waals surface area contributed by atoms with Crippen molar-refractivity contribution in [3.05, 3.63) is 28.1 Å². The average molecular weight is 319 g/mol. The van der Waals surface area contributed by atoms with Crippen LogP contribution in [0.4, 0.5) is 15.8 Å². The third-order valence-electron chi connectivity index (χ3n) is 2.88. The number of halogens is 1. The molecule has 0 amide bonds. The molecular weight excluding hydrogens is 301 g/mol. The number of hydrogen-bond donors (Lipinski definition) is 2. The number of anilines is 1. The van der Waals surface area contributed by atoms with Gasteiger partial charge in [0.1, 0.15) is 4.90 Å². The molecule has 0 radical (unpaired) electrons. The van der Waals surface area contributed by atoms with Crippen LogP contribution in [0.3, 0.4) is 0 Å². The lowest BCUT2D eigenvalue weighted by Gasteiger charge is -2.15. The largest absolute Gasteiger partial charge is 0.397 e. The number of hydrogen-bond acceptors (Lipinski definition) is 5. The fraction of sp³-hybridized carbons (Fsp3) is 0.500. The summed E-state index contributed by atoms with van der Waals surface area (Å²) < 4.78 is 40.4. The van der Waals surface area contributed by atoms with Gasteiger partial charge in [-0.2, -0.15) is 0 Å². The first-order valence-electron chi connectivity index (χ1n) is 6.44. The third kappa shape index (κ3) is 4.36. The molecule has 0 aliphatic heterocycles. The summed E-state index contributed by atoms with van der Waals surface area (Å²) in [6.45, 7) is 3.63. The van der Waals surface area contributed by atoms with Crippen LogP contribution >= 0.6 is 0 Å². The summed E-state index contributed by atoms with van der Waals surface area (Å²) in [5, 5.41) is 10.6. The van der Waals surface area contributed by atoms with Crippen LogP contribution in [0.15, 0.2) is 17.0 Å². The molecule has 0 saturated carbocycles. The van der Waals surface area contributed by atoms with Crippen molar-refractivity contribution in [3.63, 3.8) is 0 Å². The number of nitro benzene ring substituents is 1. The van der Waals surface area contributed by atoms with Gasteiger partial charge in [0.25, 0.3) is 5.69 Å². The molecule has 9 heteroatoms. The number of nitrogen functional groups attached to an aromatic ring is 1. The Morgan fingerprint density at radius 3 is 2.57 bits per heavy atom. The van der Waals surface area contributed by atoms with E-state index in [0.717, 1.165) is 18.9 Å². The first kappa shape index (κ1) is 17.3. The van der Waals surface area contributed by atoms with Crippen molar-refractivity contribution in [2.75, 3.05) is 5.73 Å². The van der Waals surface area contributed by atoms with Gasteiger partial charge in [-0.3, -0.25) is 10.1 Å². The van der Waals surface area contributed by atoms with Crippen LogP contribution < -0.4 is 10.5 Å². The summed E-state index contributed by atoms with van der Waals surface area (Å²) in [4.78, 5) is 8.99. The number of nitrogens with zero attached hydrogens (tertiary/aromatic N) is 1. The Kier molecular flexibility index (Phi) is 5.62. The van der Waals surface area contributed by atoms with Crippen LogP contribution in [0, 0.1) is 15.9 Å². The van der Waals surface area contributed by atoms with Gasteiger partial charge in [-0.25, -0.2) is 17.5 Å². The zero-order valence-electron chi connectivity index (χ0n) is 11.8. The van der Waals surface area contributed by atoms with E-state index < -0.39 is 37.0 Å². The molecule has 1 aromatic carbocycles. The third-order valence-corrected chi connectivity index (χ3v) is 4.56. The Balaban J connectivity index is 3.12. The van der Waals surface area contributed by atoms with Gasteiger partial charge in [0, 0.05) is 12.1 Å². The van der Waals surface area contributed by atoms with Crippen LogP contribution in [0.1, 0.15) is 33.1 Å². The molecule has 3 N–H and O–H groups in total. The van der Waals surface area contributed by atoms with Gasteiger partial charge in [0.15, 0.2) is 5.82 Å². The van der Waals surface area contributed by atoms with Crippen LogP contribution in [0.5, 0.6) is 0 Å². The smallest absolute Gasteiger partial charge is 0.274 e. The fourth-order valence-electron chi connectivity index (χ4n) is 1.88. The Hall–Kier alpha value is -1.74. The standard InChI is InChI=1S/C12H18FN3O4S/c1-3-4-5-8(2)15-21(19,20)12-10(13)6-9(16(17)18)7-11(12)14/h6-8,15H,3-5,14H2,1-2H3. The molecule has 7 nitrogen and oxygen atoms in total. The Morgan fingerprint density at radius 2 is 2.10 bits per heavy atom. The first-order valence-corrected chi connectivity index (χ1v) is 7.93. The van der Waals surface area contributed by atoms with Crippen molar-refractivity contribution < 1.29 is 17.7 Å². The van der Waals surface area contributed by atoms with Crippen LogP contribution in [0.2, 0.25) is 0 Å². The second kappa shape index (κ2) is 6.81. The van der Waals surface area contributed by atoms with E-state index in [0.29, 0.717) is 12.5 Å². The predicted molar refractivity (Wildman–Crippen MR) is 76.8 cm³/mol. The molecule has 1 atom stereocenters. The lowest BCUT2D eigenvalue weighted by Crippen LogP contribution is -2.33. The van der Waals surface area contributed by atoms with Crippen molar-refractivity contribution in [3.8, 4) is 0 Å². The number of unbranched alkanes of at least 4 members (excludes halogenated alkanes) is 1. The van der Waals surface area contributed by atoms with Crippen molar-refractivity contribution in [2.24, 2.45) is 0 Å². The lowest BCUT2D eigenvalue weighted by molar-refractivity contribution is -0.385. The number of nitrogens with one attached hydrogen (secondary N) is 1. The van der Waals surface area contributed by atoms with Crippen LogP contribution in [-0.4, -0.2) is 19.4 Å². The van der Waals surface area contributed by atoms with Crippen molar-refractivity contribution in [1.82, 2.24) is 4.72 Å². The Labute approximate surface area is 122 Å². The van der Waals surface area contributed by atoms with Gasteiger partial charge in [-0.05, 0) is 13.3 Å². The van der Waals surface area contributed by atoms with E-state index in [-0.39, 0.29) is 6.04 Å². The molecule has 0 aliphatic rings. The summed E-state index contributed by atoms with van der Waals surface area (Å²) in [6.07, 6.45) is 2.33. The minimum absolute atomic E-state index is 0.385. The molecule has 118 valence electrons. The van der Waals surface area contributed by atoms with Crippen molar-refractivity contribution in [2.45, 2.75) is 44.0 Å². The number of benzene rings is 1. The predicted octanol–water partition coefficient (Wildman–Crippen LogP) is 2.17. The Morgan fingerprint density at radius 1 is 1.48 bits per heavy atom. The average Bonchev–Trinajstić information content (AvgIpc) is 2.34. The monoisotopic (exact) mass is 319 g/mol. The van der Waals surface area contributed by atoms with Gasteiger partial charge in [-0.1, -0.05) is 19.8 Å². The van der Waals surface area contributed by atoms with E-state index in [4.69, 9.17) is 5.73 Å². The zero-order valence-corrected chi connectivity index (χ0v) is 12.6. The number of nitrogens with two attached hydrogens (primary N) is 1. The van der Waals surface area contributed by atoms with Crippen molar-refractivity contribution in [1.29, 1.82) is 0 Å². The highest BCUT2D eigenvalue weighted by atomic mass is 32.2. The molecule has 0 spiro atoms.